The molecule has 0 aliphatic heterocycles. The minimum Gasteiger partial charge on any atom is -0.468 e. The lowest BCUT2D eigenvalue weighted by molar-refractivity contribution is -0.139. The molecular weight excluding hydrogens is 261 g/mol. The second-order valence-corrected chi connectivity index (χ2v) is 3.48. The minimum atomic E-state index is -4.62. The maximum atomic E-state index is 12.7. The van der Waals surface area contributed by atoms with Gasteiger partial charge in [0.1, 0.15) is 12.7 Å². The van der Waals surface area contributed by atoms with Crippen molar-refractivity contribution < 1.29 is 27.5 Å². The highest BCUT2D eigenvalue weighted by Gasteiger charge is 2.33. The Morgan fingerprint density at radius 2 is 2.11 bits per heavy atom. The number of aldehydes is 1. The molecule has 0 saturated carbocycles. The summed E-state index contributed by atoms with van der Waals surface area (Å²) < 4.78 is 42.5. The van der Waals surface area contributed by atoms with Gasteiger partial charge in [0.15, 0.2) is 0 Å². The van der Waals surface area contributed by atoms with E-state index in [4.69, 9.17) is 0 Å². The summed E-state index contributed by atoms with van der Waals surface area (Å²) in [5.74, 6) is 3.91. The summed E-state index contributed by atoms with van der Waals surface area (Å²) in [6, 6.07) is 3.04. The molecule has 3 nitrogen and oxygen atoms in total. The number of hydrogen-bond donors (Lipinski definition) is 0. The van der Waals surface area contributed by atoms with Crippen LogP contribution in [0.3, 0.4) is 0 Å². The van der Waals surface area contributed by atoms with Crippen molar-refractivity contribution in [2.24, 2.45) is 0 Å². The molecule has 1 rings (SSSR count). The normalized spacial score (nSPS) is 10.3. The van der Waals surface area contributed by atoms with Gasteiger partial charge in [0.2, 0.25) is 0 Å². The van der Waals surface area contributed by atoms with Crippen LogP contribution in [0.15, 0.2) is 18.2 Å². The highest BCUT2D eigenvalue weighted by molar-refractivity contribution is 5.76. The Kier molecular flexibility index (Phi) is 4.70. The first kappa shape index (κ1) is 14.8. The Morgan fingerprint density at radius 3 is 2.63 bits per heavy atom. The maximum absolute atomic E-state index is 12.7. The van der Waals surface area contributed by atoms with Crippen LogP contribution in [-0.2, 0) is 15.7 Å². The number of rotatable bonds is 2. The molecule has 19 heavy (non-hydrogen) atoms. The molecule has 1 aromatic rings. The molecule has 0 aliphatic carbocycles. The number of methoxy groups -OCH3 is 1. The highest BCUT2D eigenvalue weighted by atomic mass is 19.4. The third-order valence-electron chi connectivity index (χ3n) is 2.17. The molecule has 0 spiro atoms. The van der Waals surface area contributed by atoms with Crippen molar-refractivity contribution in [3.05, 3.63) is 34.9 Å². The summed E-state index contributed by atoms with van der Waals surface area (Å²) in [5, 5.41) is 0. The SMILES string of the molecule is COC(=O)CC#Cc1ccc(C=O)cc1C(F)(F)F. The molecule has 0 fully saturated rings. The Balaban J connectivity index is 3.13. The first-order valence-electron chi connectivity index (χ1n) is 5.10. The number of carbonyl (C=O) groups excluding carboxylic acids is 2. The zero-order chi connectivity index (χ0) is 14.5. The van der Waals surface area contributed by atoms with E-state index in [2.05, 4.69) is 16.6 Å². The first-order valence-corrected chi connectivity index (χ1v) is 5.10. The van der Waals surface area contributed by atoms with Crippen LogP contribution in [0.1, 0.15) is 27.9 Å². The van der Waals surface area contributed by atoms with Gasteiger partial charge in [-0.3, -0.25) is 9.59 Å². The number of benzene rings is 1. The number of ether oxygens (including phenoxy) is 1. The van der Waals surface area contributed by atoms with Gasteiger partial charge in [0, 0.05) is 11.1 Å². The van der Waals surface area contributed by atoms with Crippen LogP contribution in [0, 0.1) is 11.8 Å². The third-order valence-corrected chi connectivity index (χ3v) is 2.17. The molecule has 0 aliphatic rings. The van der Waals surface area contributed by atoms with Gasteiger partial charge in [-0.25, -0.2) is 0 Å². The summed E-state index contributed by atoms with van der Waals surface area (Å²) in [6.07, 6.45) is -4.60. The van der Waals surface area contributed by atoms with Crippen LogP contribution < -0.4 is 0 Å². The van der Waals surface area contributed by atoms with E-state index in [-0.39, 0.29) is 17.5 Å². The number of alkyl halides is 3. The van der Waals surface area contributed by atoms with E-state index in [0.29, 0.717) is 6.29 Å². The van der Waals surface area contributed by atoms with Gasteiger partial charge in [-0.2, -0.15) is 13.2 Å². The van der Waals surface area contributed by atoms with Crippen LogP contribution >= 0.6 is 0 Å². The third kappa shape index (κ3) is 4.14. The molecule has 0 unspecified atom stereocenters. The fraction of sp³-hybridized carbons (Fsp3) is 0.231. The largest absolute Gasteiger partial charge is 0.468 e. The van der Waals surface area contributed by atoms with Crippen LogP contribution in [0.25, 0.3) is 0 Å². The monoisotopic (exact) mass is 270 g/mol. The van der Waals surface area contributed by atoms with Crippen molar-refractivity contribution in [3.8, 4) is 11.8 Å². The van der Waals surface area contributed by atoms with Crippen molar-refractivity contribution in [3.63, 3.8) is 0 Å². The van der Waals surface area contributed by atoms with Crippen molar-refractivity contribution >= 4 is 12.3 Å². The molecule has 0 amide bonds. The molecule has 0 radical (unpaired) electrons. The molecular formula is C13H9F3O3. The summed E-state index contributed by atoms with van der Waals surface area (Å²) in [5.41, 5.74) is -1.39. The first-order chi connectivity index (χ1) is 8.88. The minimum absolute atomic E-state index is 0.0918. The zero-order valence-corrected chi connectivity index (χ0v) is 9.88. The second kappa shape index (κ2) is 6.05. The fourth-order valence-electron chi connectivity index (χ4n) is 1.26. The van der Waals surface area contributed by atoms with Crippen molar-refractivity contribution in [1.29, 1.82) is 0 Å². The highest BCUT2D eigenvalue weighted by Crippen LogP contribution is 2.32. The summed E-state index contributed by atoms with van der Waals surface area (Å²) >= 11 is 0. The van der Waals surface area contributed by atoms with E-state index in [1.165, 1.54) is 6.07 Å². The van der Waals surface area contributed by atoms with Crippen molar-refractivity contribution in [1.82, 2.24) is 0 Å². The van der Waals surface area contributed by atoms with Gasteiger partial charge in [0.25, 0.3) is 0 Å². The van der Waals surface area contributed by atoms with Gasteiger partial charge in [-0.15, -0.1) is 0 Å². The predicted octanol–water partition coefficient (Wildman–Crippen LogP) is 2.43. The quantitative estimate of drug-likeness (QED) is 0.471. The van der Waals surface area contributed by atoms with E-state index in [1.54, 1.807) is 0 Å². The standard InChI is InChI=1S/C13H9F3O3/c1-19-12(18)4-2-3-10-6-5-9(8-17)7-11(10)13(14,15)16/h5-8H,4H2,1H3. The van der Waals surface area contributed by atoms with E-state index in [0.717, 1.165) is 19.2 Å². The smallest absolute Gasteiger partial charge is 0.417 e. The van der Waals surface area contributed by atoms with Gasteiger partial charge in [0.05, 0.1) is 12.7 Å². The lowest BCUT2D eigenvalue weighted by Crippen LogP contribution is -2.08. The lowest BCUT2D eigenvalue weighted by atomic mass is 10.0. The van der Waals surface area contributed by atoms with Gasteiger partial charge < -0.3 is 4.74 Å². The molecule has 0 bridgehead atoms. The topological polar surface area (TPSA) is 43.4 Å². The Labute approximate surface area is 107 Å². The number of halogens is 3. The fourth-order valence-corrected chi connectivity index (χ4v) is 1.26. The molecule has 6 heteroatoms. The summed E-state index contributed by atoms with van der Waals surface area (Å²) in [6.45, 7) is 0. The van der Waals surface area contributed by atoms with E-state index < -0.39 is 17.7 Å². The van der Waals surface area contributed by atoms with Crippen molar-refractivity contribution in [2.75, 3.05) is 7.11 Å². The number of esters is 1. The average Bonchev–Trinajstić information content (AvgIpc) is 2.37. The maximum Gasteiger partial charge on any atom is 0.417 e. The average molecular weight is 270 g/mol. The van der Waals surface area contributed by atoms with Gasteiger partial charge in [-0.1, -0.05) is 17.9 Å². The predicted molar refractivity (Wildman–Crippen MR) is 60.3 cm³/mol. The molecule has 0 heterocycles. The van der Waals surface area contributed by atoms with Crippen LogP contribution in [0.4, 0.5) is 13.2 Å². The molecule has 1 aromatic carbocycles. The van der Waals surface area contributed by atoms with E-state index in [1.807, 2.05) is 0 Å². The molecule has 0 atom stereocenters. The Bertz CT molecular complexity index is 550. The molecule has 0 N–H and O–H groups in total. The number of hydrogen-bond acceptors (Lipinski definition) is 3. The summed E-state index contributed by atoms with van der Waals surface area (Å²) in [4.78, 5) is 21.3. The van der Waals surface area contributed by atoms with E-state index >= 15 is 0 Å². The Morgan fingerprint density at radius 1 is 1.42 bits per heavy atom. The van der Waals surface area contributed by atoms with Crippen LogP contribution in [0.2, 0.25) is 0 Å². The number of carbonyl (C=O) groups is 2. The van der Waals surface area contributed by atoms with Gasteiger partial charge >= 0.3 is 12.1 Å². The molecule has 100 valence electrons. The van der Waals surface area contributed by atoms with Crippen LogP contribution in [-0.4, -0.2) is 19.4 Å². The molecule has 0 saturated heterocycles. The lowest BCUT2D eigenvalue weighted by Gasteiger charge is -2.09. The van der Waals surface area contributed by atoms with Crippen molar-refractivity contribution in [2.45, 2.75) is 12.6 Å². The zero-order valence-electron chi connectivity index (χ0n) is 9.88. The van der Waals surface area contributed by atoms with Crippen LogP contribution in [0.5, 0.6) is 0 Å². The van der Waals surface area contributed by atoms with E-state index in [9.17, 15) is 22.8 Å². The van der Waals surface area contributed by atoms with Gasteiger partial charge in [-0.05, 0) is 12.1 Å². The summed E-state index contributed by atoms with van der Waals surface area (Å²) in [7, 11) is 1.16. The second-order valence-electron chi connectivity index (χ2n) is 3.48. The Hall–Kier alpha value is -2.29. The molecule has 0 aromatic heterocycles.